The summed E-state index contributed by atoms with van der Waals surface area (Å²) in [5, 5.41) is 9.38. The van der Waals surface area contributed by atoms with Crippen molar-refractivity contribution in [2.24, 2.45) is 0 Å². The van der Waals surface area contributed by atoms with Crippen LogP contribution in [0.3, 0.4) is 0 Å². The first-order valence-corrected chi connectivity index (χ1v) is 4.52. The minimum atomic E-state index is -0.138. The maximum atomic E-state index is 10.5. The third-order valence-corrected chi connectivity index (χ3v) is 2.18. The molecule has 1 N–H and O–H groups in total. The average molecular weight is 255 g/mol. The number of aldehydes is 1. The molecular weight excluding hydrogens is 248 g/mol. The van der Waals surface area contributed by atoms with E-state index in [-0.39, 0.29) is 17.9 Å². The van der Waals surface area contributed by atoms with Gasteiger partial charge in [-0.2, -0.15) is 0 Å². The highest BCUT2D eigenvalue weighted by Gasteiger charge is 2.07. The van der Waals surface area contributed by atoms with E-state index >= 15 is 0 Å². The van der Waals surface area contributed by atoms with Crippen LogP contribution in [0.25, 0.3) is 0 Å². The smallest absolute Gasteiger partial charge is 0.154 e. The number of ether oxygens (including phenoxy) is 1. The fourth-order valence-corrected chi connectivity index (χ4v) is 1.43. The molecule has 0 aliphatic rings. The number of hydrogen-bond acceptors (Lipinski definition) is 3. The van der Waals surface area contributed by atoms with Crippen LogP contribution < -0.4 is 4.74 Å². The highest BCUT2D eigenvalue weighted by Crippen LogP contribution is 2.30. The number of benzene rings is 1. The van der Waals surface area contributed by atoms with Gasteiger partial charge >= 0.3 is 0 Å². The predicted octanol–water partition coefficient (Wildman–Crippen LogP) is 1.98. The van der Waals surface area contributed by atoms with Crippen molar-refractivity contribution in [2.75, 3.05) is 6.61 Å². The lowest BCUT2D eigenvalue weighted by Crippen LogP contribution is -1.94. The molecule has 0 saturated heterocycles. The van der Waals surface area contributed by atoms with E-state index in [2.05, 4.69) is 21.9 Å². The van der Waals surface area contributed by atoms with Gasteiger partial charge in [-0.05, 0) is 22.0 Å². The van der Waals surface area contributed by atoms with Crippen molar-refractivity contribution in [3.63, 3.8) is 0 Å². The summed E-state index contributed by atoms with van der Waals surface area (Å²) in [6.45, 7) is 0.117. The molecule has 4 heteroatoms. The van der Waals surface area contributed by atoms with Gasteiger partial charge in [0.1, 0.15) is 18.1 Å². The van der Waals surface area contributed by atoms with Gasteiger partial charge in [-0.3, -0.25) is 4.79 Å². The molecule has 0 bridgehead atoms. The Morgan fingerprint density at radius 1 is 1.64 bits per heavy atom. The van der Waals surface area contributed by atoms with Crippen molar-refractivity contribution in [1.82, 2.24) is 0 Å². The molecule has 0 spiro atoms. The molecule has 1 aromatic carbocycles. The topological polar surface area (TPSA) is 46.5 Å². The number of halogens is 1. The lowest BCUT2D eigenvalue weighted by Gasteiger charge is -2.05. The molecule has 3 nitrogen and oxygen atoms in total. The average Bonchev–Trinajstić information content (AvgIpc) is 2.14. The van der Waals surface area contributed by atoms with Crippen LogP contribution in [0.5, 0.6) is 11.5 Å². The van der Waals surface area contributed by atoms with Gasteiger partial charge in [-0.25, -0.2) is 0 Å². The Kier molecular flexibility index (Phi) is 3.55. The van der Waals surface area contributed by atoms with Gasteiger partial charge in [0.15, 0.2) is 6.29 Å². The molecule has 0 aliphatic carbocycles. The van der Waals surface area contributed by atoms with Crippen molar-refractivity contribution in [3.8, 4) is 23.8 Å². The Labute approximate surface area is 89.8 Å². The van der Waals surface area contributed by atoms with Crippen molar-refractivity contribution in [2.45, 2.75) is 0 Å². The van der Waals surface area contributed by atoms with Crippen molar-refractivity contribution < 1.29 is 14.6 Å². The maximum absolute atomic E-state index is 10.5. The van der Waals surface area contributed by atoms with Gasteiger partial charge in [0.05, 0.1) is 5.56 Å². The molecule has 1 aromatic rings. The number of phenolic OH excluding ortho intramolecular Hbond substituents is 1. The van der Waals surface area contributed by atoms with E-state index in [1.54, 1.807) is 6.07 Å². The minimum absolute atomic E-state index is 0.117. The fraction of sp³-hybridized carbons (Fsp3) is 0.100. The molecule has 0 fully saturated rings. The van der Waals surface area contributed by atoms with E-state index in [0.29, 0.717) is 16.5 Å². The number of phenols is 1. The SMILES string of the molecule is C#CCOc1cc(O)c(C=O)c(Br)c1. The van der Waals surface area contributed by atoms with Crippen LogP contribution in [0.4, 0.5) is 0 Å². The Morgan fingerprint density at radius 2 is 2.36 bits per heavy atom. The number of terminal acetylenes is 1. The first-order chi connectivity index (χ1) is 6.69. The van der Waals surface area contributed by atoms with Gasteiger partial charge in [0.25, 0.3) is 0 Å². The number of rotatable bonds is 3. The van der Waals surface area contributed by atoms with Gasteiger partial charge in [-0.15, -0.1) is 6.42 Å². The van der Waals surface area contributed by atoms with E-state index in [1.165, 1.54) is 6.07 Å². The minimum Gasteiger partial charge on any atom is -0.507 e. The number of aromatic hydroxyl groups is 1. The number of hydrogen-bond donors (Lipinski definition) is 1. The zero-order chi connectivity index (χ0) is 10.6. The van der Waals surface area contributed by atoms with Crippen LogP contribution >= 0.6 is 15.9 Å². The third-order valence-electron chi connectivity index (χ3n) is 1.52. The largest absolute Gasteiger partial charge is 0.507 e. The van der Waals surface area contributed by atoms with E-state index in [0.717, 1.165) is 0 Å². The fourth-order valence-electron chi connectivity index (χ4n) is 0.904. The molecule has 1 rings (SSSR count). The van der Waals surface area contributed by atoms with Crippen molar-refractivity contribution >= 4 is 22.2 Å². The van der Waals surface area contributed by atoms with Crippen molar-refractivity contribution in [1.29, 1.82) is 0 Å². The van der Waals surface area contributed by atoms with Gasteiger partial charge in [0.2, 0.25) is 0 Å². The Morgan fingerprint density at radius 3 is 2.86 bits per heavy atom. The molecule has 0 aromatic heterocycles. The molecule has 0 saturated carbocycles. The number of carbonyl (C=O) groups is 1. The first kappa shape index (κ1) is 10.6. The van der Waals surface area contributed by atoms with E-state index in [1.807, 2.05) is 0 Å². The molecule has 0 aliphatic heterocycles. The second kappa shape index (κ2) is 4.68. The summed E-state index contributed by atoms with van der Waals surface area (Å²) in [6.07, 6.45) is 5.56. The molecule has 0 amide bonds. The van der Waals surface area contributed by atoms with Crippen LogP contribution in [0.15, 0.2) is 16.6 Å². The summed E-state index contributed by atoms with van der Waals surface area (Å²) < 4.78 is 5.55. The zero-order valence-corrected chi connectivity index (χ0v) is 8.74. The number of carbonyl (C=O) groups excluding carboxylic acids is 1. The first-order valence-electron chi connectivity index (χ1n) is 3.73. The highest BCUT2D eigenvalue weighted by molar-refractivity contribution is 9.10. The summed E-state index contributed by atoms with van der Waals surface area (Å²) in [5.41, 5.74) is 0.193. The second-order valence-electron chi connectivity index (χ2n) is 2.45. The van der Waals surface area contributed by atoms with Gasteiger partial charge in [0, 0.05) is 10.5 Å². The molecular formula is C10H7BrO3. The summed E-state index contributed by atoms with van der Waals surface area (Å²) in [6, 6.07) is 2.91. The van der Waals surface area contributed by atoms with Crippen molar-refractivity contribution in [3.05, 3.63) is 22.2 Å². The molecule has 0 radical (unpaired) electrons. The van der Waals surface area contributed by atoms with Crippen LogP contribution in [-0.2, 0) is 0 Å². The van der Waals surface area contributed by atoms with E-state index in [4.69, 9.17) is 11.2 Å². The highest BCUT2D eigenvalue weighted by atomic mass is 79.9. The molecule has 72 valence electrons. The lowest BCUT2D eigenvalue weighted by molar-refractivity contribution is 0.112. The summed E-state index contributed by atoms with van der Waals surface area (Å²) in [7, 11) is 0. The van der Waals surface area contributed by atoms with Crippen LogP contribution in [-0.4, -0.2) is 18.0 Å². The standard InChI is InChI=1S/C10H7BrO3/c1-2-3-14-7-4-9(11)8(6-12)10(13)5-7/h1,4-6,13H,3H2. The van der Waals surface area contributed by atoms with E-state index < -0.39 is 0 Å². The molecule has 14 heavy (non-hydrogen) atoms. The summed E-state index contributed by atoms with van der Waals surface area (Å²) >= 11 is 3.13. The normalized spacial score (nSPS) is 9.14. The van der Waals surface area contributed by atoms with Gasteiger partial charge in [-0.1, -0.05) is 5.92 Å². The Hall–Kier alpha value is -1.47. The summed E-state index contributed by atoms with van der Waals surface area (Å²) in [5.74, 6) is 2.57. The van der Waals surface area contributed by atoms with Crippen LogP contribution in [0, 0.1) is 12.3 Å². The Bertz CT molecular complexity index is 370. The van der Waals surface area contributed by atoms with Crippen LogP contribution in [0.1, 0.15) is 10.4 Å². The molecule has 0 unspecified atom stereocenters. The van der Waals surface area contributed by atoms with Gasteiger partial charge < -0.3 is 9.84 Å². The maximum Gasteiger partial charge on any atom is 0.154 e. The van der Waals surface area contributed by atoms with Crippen LogP contribution in [0.2, 0.25) is 0 Å². The lowest BCUT2D eigenvalue weighted by atomic mass is 10.2. The monoisotopic (exact) mass is 254 g/mol. The zero-order valence-electron chi connectivity index (χ0n) is 7.16. The quantitative estimate of drug-likeness (QED) is 0.663. The van der Waals surface area contributed by atoms with E-state index in [9.17, 15) is 9.90 Å². The predicted molar refractivity (Wildman–Crippen MR) is 55.5 cm³/mol. The second-order valence-corrected chi connectivity index (χ2v) is 3.30. The molecule has 0 atom stereocenters. The third kappa shape index (κ3) is 2.27. The summed E-state index contributed by atoms with van der Waals surface area (Å²) in [4.78, 5) is 10.5. The molecule has 0 heterocycles. The Balaban J connectivity index is 3.02.